The van der Waals surface area contributed by atoms with Crippen molar-refractivity contribution in [2.24, 2.45) is 0 Å². The van der Waals surface area contributed by atoms with Crippen LogP contribution in [0.15, 0.2) is 18.2 Å². The lowest BCUT2D eigenvalue weighted by Crippen LogP contribution is -1.95. The maximum Gasteiger partial charge on any atom is 0.124 e. The molecule has 0 aliphatic heterocycles. The van der Waals surface area contributed by atoms with E-state index in [1.807, 2.05) is 0 Å². The Balaban J connectivity index is 3.01. The van der Waals surface area contributed by atoms with E-state index in [-0.39, 0.29) is 12.2 Å². The van der Waals surface area contributed by atoms with Gasteiger partial charge in [0.15, 0.2) is 0 Å². The number of hydrogen-bond donors (Lipinski definition) is 1. The van der Waals surface area contributed by atoms with Crippen molar-refractivity contribution in [1.82, 2.24) is 0 Å². The fraction of sp³-hybridized carbons (Fsp3) is 0.125. The zero-order valence-corrected chi connectivity index (χ0v) is 5.88. The summed E-state index contributed by atoms with van der Waals surface area (Å²) in [5.74, 6) is -0.365. The third kappa shape index (κ3) is 1.77. The highest BCUT2D eigenvalue weighted by molar-refractivity contribution is 5.61. The Morgan fingerprint density at radius 1 is 1.55 bits per heavy atom. The topological polar surface area (TPSA) is 43.1 Å². The summed E-state index contributed by atoms with van der Waals surface area (Å²) in [6.45, 7) is 0. The van der Waals surface area contributed by atoms with Gasteiger partial charge in [-0.1, -0.05) is 0 Å². The summed E-state index contributed by atoms with van der Waals surface area (Å²) in [4.78, 5) is 10.1. The van der Waals surface area contributed by atoms with Gasteiger partial charge in [-0.05, 0) is 23.8 Å². The van der Waals surface area contributed by atoms with Gasteiger partial charge >= 0.3 is 0 Å². The number of hydrogen-bond acceptors (Lipinski definition) is 2. The molecule has 2 nitrogen and oxygen atoms in total. The Morgan fingerprint density at radius 3 is 2.91 bits per heavy atom. The molecule has 0 unspecified atom stereocenters. The molecular formula is C8H8FNO. The molecule has 3 heteroatoms. The number of nitrogen functional groups attached to an aromatic ring is 1. The van der Waals surface area contributed by atoms with E-state index in [9.17, 15) is 9.18 Å². The molecular weight excluding hydrogens is 145 g/mol. The molecule has 0 aliphatic rings. The van der Waals surface area contributed by atoms with E-state index >= 15 is 0 Å². The summed E-state index contributed by atoms with van der Waals surface area (Å²) < 4.78 is 12.5. The average molecular weight is 153 g/mol. The minimum atomic E-state index is -0.365. The molecule has 0 aliphatic carbocycles. The number of carbonyl (C=O) groups excluding carboxylic acids is 1. The smallest absolute Gasteiger partial charge is 0.124 e. The van der Waals surface area contributed by atoms with Crippen LogP contribution in [0.3, 0.4) is 0 Å². The molecule has 1 aromatic carbocycles. The first-order valence-electron chi connectivity index (χ1n) is 3.21. The second kappa shape index (κ2) is 3.14. The van der Waals surface area contributed by atoms with Gasteiger partial charge in [0.2, 0.25) is 0 Å². The Bertz CT molecular complexity index is 273. The molecule has 0 aromatic heterocycles. The Hall–Kier alpha value is -1.38. The van der Waals surface area contributed by atoms with Crippen LogP contribution in [0.25, 0.3) is 0 Å². The number of anilines is 1. The Kier molecular flexibility index (Phi) is 2.21. The predicted octanol–water partition coefficient (Wildman–Crippen LogP) is 1.15. The van der Waals surface area contributed by atoms with Crippen molar-refractivity contribution in [2.45, 2.75) is 6.42 Å². The van der Waals surface area contributed by atoms with Crippen LogP contribution in [0.4, 0.5) is 10.1 Å². The molecule has 0 amide bonds. The third-order valence-corrected chi connectivity index (χ3v) is 1.41. The van der Waals surface area contributed by atoms with Crippen molar-refractivity contribution in [2.75, 3.05) is 5.73 Å². The van der Waals surface area contributed by atoms with Gasteiger partial charge in [0, 0.05) is 12.1 Å². The number of nitrogens with two attached hydrogens (primary N) is 1. The maximum atomic E-state index is 12.5. The Labute approximate surface area is 63.8 Å². The highest BCUT2D eigenvalue weighted by Gasteiger charge is 1.98. The fourth-order valence-electron chi connectivity index (χ4n) is 0.841. The van der Waals surface area contributed by atoms with E-state index in [0.29, 0.717) is 17.5 Å². The molecule has 0 saturated heterocycles. The molecule has 0 radical (unpaired) electrons. The van der Waals surface area contributed by atoms with Crippen LogP contribution in [0, 0.1) is 5.82 Å². The second-order valence-electron chi connectivity index (χ2n) is 2.21. The largest absolute Gasteiger partial charge is 0.398 e. The summed E-state index contributed by atoms with van der Waals surface area (Å²) in [6.07, 6.45) is 0.870. The monoisotopic (exact) mass is 153 g/mol. The lowest BCUT2D eigenvalue weighted by Gasteiger charge is -1.99. The number of halogens is 1. The van der Waals surface area contributed by atoms with Gasteiger partial charge < -0.3 is 10.5 Å². The van der Waals surface area contributed by atoms with Crippen LogP contribution in [0.2, 0.25) is 0 Å². The predicted molar refractivity (Wildman–Crippen MR) is 40.6 cm³/mol. The van der Waals surface area contributed by atoms with Gasteiger partial charge in [-0.3, -0.25) is 0 Å². The van der Waals surface area contributed by atoms with Crippen LogP contribution < -0.4 is 5.73 Å². The standard InChI is InChI=1S/C8H8FNO/c9-7-1-2-8(10)6(5-7)3-4-11/h1-2,4-5H,3,10H2. The first kappa shape index (κ1) is 7.72. The molecule has 0 heterocycles. The van der Waals surface area contributed by atoms with Crippen LogP contribution in [-0.2, 0) is 11.2 Å². The molecule has 0 atom stereocenters. The van der Waals surface area contributed by atoms with E-state index in [1.165, 1.54) is 18.2 Å². The van der Waals surface area contributed by atoms with Crippen LogP contribution in [0.1, 0.15) is 5.56 Å². The second-order valence-corrected chi connectivity index (χ2v) is 2.21. The summed E-state index contributed by atoms with van der Waals surface area (Å²) in [5.41, 5.74) is 6.45. The van der Waals surface area contributed by atoms with Gasteiger partial charge in [-0.15, -0.1) is 0 Å². The SMILES string of the molecule is Nc1ccc(F)cc1CC=O. The van der Waals surface area contributed by atoms with Crippen LogP contribution >= 0.6 is 0 Å². The normalized spacial score (nSPS) is 9.55. The van der Waals surface area contributed by atoms with Gasteiger partial charge in [-0.2, -0.15) is 0 Å². The molecule has 1 rings (SSSR count). The average Bonchev–Trinajstić information content (AvgIpc) is 1.98. The number of benzene rings is 1. The summed E-state index contributed by atoms with van der Waals surface area (Å²) in [5, 5.41) is 0. The third-order valence-electron chi connectivity index (χ3n) is 1.41. The van der Waals surface area contributed by atoms with Crippen LogP contribution in [0.5, 0.6) is 0 Å². The molecule has 0 saturated carbocycles. The Morgan fingerprint density at radius 2 is 2.27 bits per heavy atom. The van der Waals surface area contributed by atoms with Crippen molar-refractivity contribution >= 4 is 12.0 Å². The van der Waals surface area contributed by atoms with E-state index in [2.05, 4.69) is 0 Å². The first-order chi connectivity index (χ1) is 5.24. The van der Waals surface area contributed by atoms with Gasteiger partial charge in [0.05, 0.1) is 0 Å². The summed E-state index contributed by atoms with van der Waals surface area (Å²) >= 11 is 0. The lowest BCUT2D eigenvalue weighted by atomic mass is 10.1. The minimum absolute atomic E-state index is 0.170. The quantitative estimate of drug-likeness (QED) is 0.511. The number of carbonyl (C=O) groups is 1. The van der Waals surface area contributed by atoms with Crippen molar-refractivity contribution in [1.29, 1.82) is 0 Å². The summed E-state index contributed by atoms with van der Waals surface area (Å²) in [7, 11) is 0. The summed E-state index contributed by atoms with van der Waals surface area (Å²) in [6, 6.07) is 3.99. The van der Waals surface area contributed by atoms with E-state index < -0.39 is 0 Å². The van der Waals surface area contributed by atoms with Crippen molar-refractivity contribution in [3.8, 4) is 0 Å². The number of aldehydes is 1. The van der Waals surface area contributed by atoms with Crippen molar-refractivity contribution in [3.05, 3.63) is 29.6 Å². The van der Waals surface area contributed by atoms with Crippen molar-refractivity contribution < 1.29 is 9.18 Å². The number of rotatable bonds is 2. The zero-order valence-electron chi connectivity index (χ0n) is 5.88. The van der Waals surface area contributed by atoms with Gasteiger partial charge in [-0.25, -0.2) is 4.39 Å². The minimum Gasteiger partial charge on any atom is -0.398 e. The molecule has 2 N–H and O–H groups in total. The molecule has 0 fully saturated rings. The zero-order chi connectivity index (χ0) is 8.27. The molecule has 58 valence electrons. The highest BCUT2D eigenvalue weighted by Crippen LogP contribution is 2.12. The maximum absolute atomic E-state index is 12.5. The highest BCUT2D eigenvalue weighted by atomic mass is 19.1. The van der Waals surface area contributed by atoms with Crippen molar-refractivity contribution in [3.63, 3.8) is 0 Å². The molecule has 0 bridgehead atoms. The van der Waals surface area contributed by atoms with E-state index in [4.69, 9.17) is 5.73 Å². The molecule has 1 aromatic rings. The van der Waals surface area contributed by atoms with Gasteiger partial charge in [0.1, 0.15) is 12.1 Å². The fourth-order valence-corrected chi connectivity index (χ4v) is 0.841. The van der Waals surface area contributed by atoms with Gasteiger partial charge in [0.25, 0.3) is 0 Å². The molecule has 11 heavy (non-hydrogen) atoms. The van der Waals surface area contributed by atoms with E-state index in [0.717, 1.165) is 0 Å². The molecule has 0 spiro atoms. The lowest BCUT2D eigenvalue weighted by molar-refractivity contribution is -0.107. The first-order valence-corrected chi connectivity index (χ1v) is 3.21. The van der Waals surface area contributed by atoms with Crippen LogP contribution in [-0.4, -0.2) is 6.29 Å². The van der Waals surface area contributed by atoms with E-state index in [1.54, 1.807) is 0 Å².